The van der Waals surface area contributed by atoms with E-state index in [1.807, 2.05) is 36.4 Å². The molecule has 1 aromatic heterocycles. The van der Waals surface area contributed by atoms with Crippen LogP contribution in [0.4, 0.5) is 13.2 Å². The number of carbonyl (C=O) groups is 1. The fourth-order valence-electron chi connectivity index (χ4n) is 4.14. The van der Waals surface area contributed by atoms with E-state index in [1.54, 1.807) is 24.5 Å². The molecule has 0 spiro atoms. The summed E-state index contributed by atoms with van der Waals surface area (Å²) in [6.45, 7) is 0.115. The van der Waals surface area contributed by atoms with Crippen molar-refractivity contribution in [2.45, 2.75) is 18.8 Å². The minimum atomic E-state index is -2.69. The summed E-state index contributed by atoms with van der Waals surface area (Å²) in [7, 11) is 0. The molecular formula is C26H20F3NO2. The molecule has 32 heavy (non-hydrogen) atoms. The third kappa shape index (κ3) is 3.88. The summed E-state index contributed by atoms with van der Waals surface area (Å²) in [5.41, 5.74) is 4.40. The van der Waals surface area contributed by atoms with Gasteiger partial charge in [0.15, 0.2) is 0 Å². The van der Waals surface area contributed by atoms with E-state index < -0.39 is 5.92 Å². The van der Waals surface area contributed by atoms with Crippen LogP contribution in [-0.4, -0.2) is 29.8 Å². The van der Waals surface area contributed by atoms with Crippen molar-refractivity contribution in [3.8, 4) is 22.3 Å². The van der Waals surface area contributed by atoms with Crippen molar-refractivity contribution in [2.24, 2.45) is 0 Å². The molecule has 0 bridgehead atoms. The number of fused-ring (bicyclic) bond motifs is 1. The molecule has 4 aromatic rings. The number of furan rings is 1. The number of likely N-dealkylation sites (tertiary alicyclic amines) is 1. The van der Waals surface area contributed by atoms with Gasteiger partial charge in [0.1, 0.15) is 11.4 Å². The van der Waals surface area contributed by atoms with Gasteiger partial charge in [-0.2, -0.15) is 0 Å². The molecule has 2 heterocycles. The Bertz CT molecular complexity index is 1280. The van der Waals surface area contributed by atoms with Crippen molar-refractivity contribution in [1.82, 2.24) is 4.90 Å². The quantitative estimate of drug-likeness (QED) is 0.356. The van der Waals surface area contributed by atoms with E-state index in [0.29, 0.717) is 16.7 Å². The van der Waals surface area contributed by atoms with Gasteiger partial charge in [0, 0.05) is 42.4 Å². The molecular weight excluding hydrogens is 415 g/mol. The molecule has 3 nitrogen and oxygen atoms in total. The fourth-order valence-corrected chi connectivity index (χ4v) is 4.14. The molecule has 0 unspecified atom stereocenters. The van der Waals surface area contributed by atoms with Crippen LogP contribution in [0.15, 0.2) is 77.4 Å². The summed E-state index contributed by atoms with van der Waals surface area (Å²) in [4.78, 5) is 14.2. The van der Waals surface area contributed by atoms with Crippen LogP contribution in [-0.2, 0) is 0 Å². The zero-order valence-electron chi connectivity index (χ0n) is 17.2. The van der Waals surface area contributed by atoms with Crippen molar-refractivity contribution in [1.29, 1.82) is 0 Å². The average molecular weight is 435 g/mol. The molecule has 0 aliphatic carbocycles. The second kappa shape index (κ2) is 7.86. The second-order valence-corrected chi connectivity index (χ2v) is 8.10. The van der Waals surface area contributed by atoms with Crippen molar-refractivity contribution in [3.05, 3.63) is 84.4 Å². The minimum absolute atomic E-state index is 0.0573. The smallest absolute Gasteiger partial charge is 0.253 e. The number of alkyl halides is 2. The number of rotatable bonds is 3. The number of halogens is 3. The Hall–Kier alpha value is -3.54. The molecule has 1 fully saturated rings. The summed E-state index contributed by atoms with van der Waals surface area (Å²) in [5, 5.41) is 0.885. The Kier molecular flexibility index (Phi) is 5.00. The average Bonchev–Trinajstić information content (AvgIpc) is 3.27. The SMILES string of the molecule is O=C(c1ccc(-c2cc(-c3cccc(F)c3)c3occc3c2)cc1)N1CCC(F)(F)CC1. The van der Waals surface area contributed by atoms with E-state index in [4.69, 9.17) is 4.42 Å². The van der Waals surface area contributed by atoms with Crippen LogP contribution in [0.5, 0.6) is 0 Å². The largest absolute Gasteiger partial charge is 0.464 e. The van der Waals surface area contributed by atoms with Crippen molar-refractivity contribution in [3.63, 3.8) is 0 Å². The van der Waals surface area contributed by atoms with Crippen LogP contribution >= 0.6 is 0 Å². The summed E-state index contributed by atoms with van der Waals surface area (Å²) in [5.74, 6) is -3.25. The van der Waals surface area contributed by atoms with Crippen LogP contribution in [0.3, 0.4) is 0 Å². The number of hydrogen-bond donors (Lipinski definition) is 0. The Morgan fingerprint density at radius 1 is 0.875 bits per heavy atom. The summed E-state index contributed by atoms with van der Waals surface area (Å²) in [6.07, 6.45) is 0.996. The van der Waals surface area contributed by atoms with E-state index in [-0.39, 0.29) is 37.7 Å². The number of benzene rings is 3. The molecule has 6 heteroatoms. The highest BCUT2D eigenvalue weighted by Crippen LogP contribution is 2.35. The van der Waals surface area contributed by atoms with Crippen LogP contribution in [0, 0.1) is 5.82 Å². The molecule has 5 rings (SSSR count). The lowest BCUT2D eigenvalue weighted by atomic mass is 9.96. The Morgan fingerprint density at radius 2 is 1.62 bits per heavy atom. The van der Waals surface area contributed by atoms with Gasteiger partial charge in [-0.25, -0.2) is 13.2 Å². The third-order valence-corrected chi connectivity index (χ3v) is 5.93. The molecule has 1 aliphatic rings. The number of piperidine rings is 1. The zero-order valence-corrected chi connectivity index (χ0v) is 17.2. The number of amides is 1. The van der Waals surface area contributed by atoms with Crippen LogP contribution < -0.4 is 0 Å². The van der Waals surface area contributed by atoms with Crippen molar-refractivity contribution >= 4 is 16.9 Å². The highest BCUT2D eigenvalue weighted by Gasteiger charge is 2.35. The third-order valence-electron chi connectivity index (χ3n) is 5.93. The van der Waals surface area contributed by atoms with Gasteiger partial charge in [0.25, 0.3) is 11.8 Å². The highest BCUT2D eigenvalue weighted by atomic mass is 19.3. The van der Waals surface area contributed by atoms with Gasteiger partial charge in [-0.05, 0) is 59.2 Å². The molecule has 0 N–H and O–H groups in total. The second-order valence-electron chi connectivity index (χ2n) is 8.10. The van der Waals surface area contributed by atoms with E-state index in [1.165, 1.54) is 17.0 Å². The van der Waals surface area contributed by atoms with Crippen LogP contribution in [0.25, 0.3) is 33.2 Å². The molecule has 1 saturated heterocycles. The maximum absolute atomic E-state index is 13.8. The highest BCUT2D eigenvalue weighted by molar-refractivity contribution is 5.97. The van der Waals surface area contributed by atoms with E-state index in [9.17, 15) is 18.0 Å². The first-order valence-corrected chi connectivity index (χ1v) is 10.4. The predicted molar refractivity (Wildman–Crippen MR) is 117 cm³/mol. The minimum Gasteiger partial charge on any atom is -0.464 e. The van der Waals surface area contributed by atoms with E-state index in [2.05, 4.69) is 0 Å². The Morgan fingerprint density at radius 3 is 2.34 bits per heavy atom. The standard InChI is InChI=1S/C26H20F3NO2/c27-22-3-1-2-19(15-22)23-16-21(14-20-8-13-32-24(20)23)17-4-6-18(7-5-17)25(31)30-11-9-26(28,29)10-12-30/h1-8,13-16H,9-12H2. The van der Waals surface area contributed by atoms with E-state index >= 15 is 0 Å². The zero-order chi connectivity index (χ0) is 22.3. The predicted octanol–water partition coefficient (Wildman–Crippen LogP) is 6.78. The Labute approximate surface area is 183 Å². The van der Waals surface area contributed by atoms with Gasteiger partial charge in [0.05, 0.1) is 6.26 Å². The lowest BCUT2D eigenvalue weighted by Crippen LogP contribution is -2.42. The first-order valence-electron chi connectivity index (χ1n) is 10.4. The van der Waals surface area contributed by atoms with Gasteiger partial charge < -0.3 is 9.32 Å². The number of carbonyl (C=O) groups excluding carboxylic acids is 1. The molecule has 0 saturated carbocycles. The maximum Gasteiger partial charge on any atom is 0.253 e. The summed E-state index contributed by atoms with van der Waals surface area (Å²) >= 11 is 0. The van der Waals surface area contributed by atoms with Gasteiger partial charge in [-0.15, -0.1) is 0 Å². The van der Waals surface area contributed by atoms with Gasteiger partial charge in [-0.3, -0.25) is 4.79 Å². The molecule has 162 valence electrons. The van der Waals surface area contributed by atoms with Gasteiger partial charge in [-0.1, -0.05) is 24.3 Å². The van der Waals surface area contributed by atoms with E-state index in [0.717, 1.165) is 22.1 Å². The monoisotopic (exact) mass is 435 g/mol. The van der Waals surface area contributed by atoms with Gasteiger partial charge >= 0.3 is 0 Å². The first-order chi connectivity index (χ1) is 15.4. The maximum atomic E-state index is 13.8. The summed E-state index contributed by atoms with van der Waals surface area (Å²) < 4.78 is 46.2. The van der Waals surface area contributed by atoms with Crippen molar-refractivity contribution < 1.29 is 22.4 Å². The molecule has 0 radical (unpaired) electrons. The topological polar surface area (TPSA) is 33.5 Å². The normalized spacial score (nSPS) is 15.8. The lowest BCUT2D eigenvalue weighted by Gasteiger charge is -2.31. The molecule has 1 aliphatic heterocycles. The fraction of sp³-hybridized carbons (Fsp3) is 0.192. The summed E-state index contributed by atoms with van der Waals surface area (Å²) in [6, 6.07) is 19.2. The van der Waals surface area contributed by atoms with Crippen LogP contribution in [0.2, 0.25) is 0 Å². The van der Waals surface area contributed by atoms with Crippen molar-refractivity contribution in [2.75, 3.05) is 13.1 Å². The first kappa shape index (κ1) is 20.4. The molecule has 0 atom stereocenters. The number of hydrogen-bond acceptors (Lipinski definition) is 2. The van der Waals surface area contributed by atoms with Crippen LogP contribution in [0.1, 0.15) is 23.2 Å². The Balaban J connectivity index is 1.45. The lowest BCUT2D eigenvalue weighted by molar-refractivity contribution is -0.0494. The van der Waals surface area contributed by atoms with Gasteiger partial charge in [0.2, 0.25) is 0 Å². The number of nitrogens with zero attached hydrogens (tertiary/aromatic N) is 1. The molecule has 3 aromatic carbocycles. The molecule has 1 amide bonds.